The van der Waals surface area contributed by atoms with Crippen LogP contribution in [0.25, 0.3) is 0 Å². The van der Waals surface area contributed by atoms with E-state index in [1.807, 2.05) is 12.1 Å². The van der Waals surface area contributed by atoms with E-state index in [-0.39, 0.29) is 0 Å². The summed E-state index contributed by atoms with van der Waals surface area (Å²) in [6, 6.07) is 7.24. The van der Waals surface area contributed by atoms with Crippen molar-refractivity contribution >= 4 is 27.6 Å². The first-order valence-electron chi connectivity index (χ1n) is 4.08. The second kappa shape index (κ2) is 5.31. The Hall–Kier alpha value is -1.62. The molecule has 0 saturated heterocycles. The number of carbonyl (C=O) groups is 1. The highest BCUT2D eigenvalue weighted by Crippen LogP contribution is 2.11. The maximum Gasteiger partial charge on any atom is 0.328 e. The number of allylic oxidation sites excluding steroid dienone is 1. The predicted octanol–water partition coefficient (Wildman–Crippen LogP) is 1.75. The van der Waals surface area contributed by atoms with Gasteiger partial charge in [0.15, 0.2) is 0 Å². The molecule has 0 aromatic heterocycles. The third-order valence-electron chi connectivity index (χ3n) is 1.66. The second-order valence-corrected chi connectivity index (χ2v) is 3.61. The molecule has 15 heavy (non-hydrogen) atoms. The third kappa shape index (κ3) is 3.55. The molecule has 0 radical (unpaired) electrons. The molecule has 1 rings (SSSR count). The molecule has 0 aliphatic carbocycles. The van der Waals surface area contributed by atoms with Gasteiger partial charge in [0.25, 0.3) is 0 Å². The van der Waals surface area contributed by atoms with E-state index in [9.17, 15) is 4.79 Å². The molecule has 0 unspecified atom stereocenters. The zero-order valence-corrected chi connectivity index (χ0v) is 9.31. The van der Waals surface area contributed by atoms with Gasteiger partial charge in [-0.05, 0) is 18.2 Å². The number of carboxylic acid groups (broad SMARTS) is 1. The number of nitrogens with two attached hydrogens (primary N) is 1. The normalized spacial score (nSPS) is 11.9. The van der Waals surface area contributed by atoms with Crippen molar-refractivity contribution in [3.05, 3.63) is 46.5 Å². The zero-order chi connectivity index (χ0) is 11.3. The fraction of sp³-hybridized carbons (Fsp3) is 0. The van der Waals surface area contributed by atoms with Crippen LogP contribution in [0.2, 0.25) is 0 Å². The minimum atomic E-state index is -1.03. The number of halogens is 1. The average Bonchev–Trinajstić information content (AvgIpc) is 2.21. The Morgan fingerprint density at radius 2 is 1.93 bits per heavy atom. The van der Waals surface area contributed by atoms with Gasteiger partial charge in [0.1, 0.15) is 0 Å². The van der Waals surface area contributed by atoms with Crippen LogP contribution in [-0.4, -0.2) is 16.8 Å². The minimum absolute atomic E-state index is 0.421. The van der Waals surface area contributed by atoms with Gasteiger partial charge in [-0.15, -0.1) is 0 Å². The molecule has 0 saturated carbocycles. The van der Waals surface area contributed by atoms with Crippen molar-refractivity contribution in [2.75, 3.05) is 0 Å². The van der Waals surface area contributed by atoms with E-state index < -0.39 is 5.97 Å². The van der Waals surface area contributed by atoms with Crippen molar-refractivity contribution in [3.63, 3.8) is 0 Å². The Kier molecular flexibility index (Phi) is 4.05. The lowest BCUT2D eigenvalue weighted by Crippen LogP contribution is -2.01. The second-order valence-electron chi connectivity index (χ2n) is 2.69. The fourth-order valence-electron chi connectivity index (χ4n) is 0.985. The van der Waals surface area contributed by atoms with E-state index in [2.05, 4.69) is 21.0 Å². The molecule has 5 heteroatoms. The number of nitrogens with zero attached hydrogens (tertiary/aromatic N) is 1. The Morgan fingerprint density at radius 1 is 1.33 bits per heavy atom. The Morgan fingerprint density at radius 3 is 2.40 bits per heavy atom. The Labute approximate surface area is 95.2 Å². The Bertz CT molecular complexity index is 410. The summed E-state index contributed by atoms with van der Waals surface area (Å²) in [6.45, 7) is 0. The highest BCUT2D eigenvalue weighted by Gasteiger charge is 1.99. The highest BCUT2D eigenvalue weighted by molar-refractivity contribution is 9.10. The number of hydrogen-bond donors (Lipinski definition) is 2. The van der Waals surface area contributed by atoms with Crippen LogP contribution in [0.15, 0.2) is 46.0 Å². The number of hydrazone groups is 1. The van der Waals surface area contributed by atoms with E-state index in [1.54, 1.807) is 12.1 Å². The molecule has 0 heterocycles. The van der Waals surface area contributed by atoms with Crippen LogP contribution in [0.3, 0.4) is 0 Å². The molecule has 0 bridgehead atoms. The molecular weight excluding hydrogens is 260 g/mol. The largest absolute Gasteiger partial charge is 0.478 e. The molecule has 1 aromatic rings. The van der Waals surface area contributed by atoms with Crippen molar-refractivity contribution < 1.29 is 9.90 Å². The van der Waals surface area contributed by atoms with E-state index in [4.69, 9.17) is 10.9 Å². The molecule has 0 aliphatic rings. The summed E-state index contributed by atoms with van der Waals surface area (Å²) in [5.41, 5.74) is 1.18. The van der Waals surface area contributed by atoms with E-state index in [0.717, 1.165) is 16.1 Å². The molecular formula is C10H9BrN2O2. The molecule has 0 fully saturated rings. The average molecular weight is 269 g/mol. The molecule has 0 spiro atoms. The minimum Gasteiger partial charge on any atom is -0.478 e. The monoisotopic (exact) mass is 268 g/mol. The molecule has 4 nitrogen and oxygen atoms in total. The molecule has 0 aliphatic heterocycles. The molecule has 78 valence electrons. The van der Waals surface area contributed by atoms with Crippen LogP contribution in [-0.2, 0) is 4.79 Å². The van der Waals surface area contributed by atoms with E-state index >= 15 is 0 Å². The van der Waals surface area contributed by atoms with Crippen LogP contribution in [0.1, 0.15) is 5.56 Å². The number of benzene rings is 1. The van der Waals surface area contributed by atoms with Gasteiger partial charge >= 0.3 is 5.97 Å². The lowest BCUT2D eigenvalue weighted by atomic mass is 10.1. The summed E-state index contributed by atoms with van der Waals surface area (Å²) in [7, 11) is 0. The summed E-state index contributed by atoms with van der Waals surface area (Å²) in [5, 5.41) is 12.0. The summed E-state index contributed by atoms with van der Waals surface area (Å²) >= 11 is 3.30. The van der Waals surface area contributed by atoms with Crippen LogP contribution in [0, 0.1) is 0 Å². The Balaban J connectivity index is 2.94. The quantitative estimate of drug-likeness (QED) is 0.380. The summed E-state index contributed by atoms with van der Waals surface area (Å²) < 4.78 is 0.935. The number of aliphatic carboxylic acids is 1. The molecule has 0 atom stereocenters. The summed E-state index contributed by atoms with van der Waals surface area (Å²) in [6.07, 6.45) is 2.35. The first kappa shape index (κ1) is 11.5. The van der Waals surface area contributed by atoms with Gasteiger partial charge in [-0.1, -0.05) is 28.1 Å². The molecule has 3 N–H and O–H groups in total. The maximum atomic E-state index is 10.3. The van der Waals surface area contributed by atoms with Crippen molar-refractivity contribution in [2.45, 2.75) is 0 Å². The van der Waals surface area contributed by atoms with Gasteiger partial charge in [0.05, 0.1) is 5.71 Å². The van der Waals surface area contributed by atoms with Crippen molar-refractivity contribution in [2.24, 2.45) is 10.9 Å². The predicted molar refractivity (Wildman–Crippen MR) is 61.6 cm³/mol. The van der Waals surface area contributed by atoms with E-state index in [1.165, 1.54) is 6.08 Å². The first-order chi connectivity index (χ1) is 7.13. The van der Waals surface area contributed by atoms with Gasteiger partial charge < -0.3 is 10.9 Å². The van der Waals surface area contributed by atoms with Gasteiger partial charge in [-0.25, -0.2) is 4.79 Å². The van der Waals surface area contributed by atoms with Crippen molar-refractivity contribution in [1.29, 1.82) is 0 Å². The van der Waals surface area contributed by atoms with Crippen LogP contribution < -0.4 is 5.84 Å². The molecule has 1 aromatic carbocycles. The topological polar surface area (TPSA) is 75.7 Å². The van der Waals surface area contributed by atoms with Crippen LogP contribution in [0.4, 0.5) is 0 Å². The lowest BCUT2D eigenvalue weighted by Gasteiger charge is -1.99. The third-order valence-corrected chi connectivity index (χ3v) is 2.19. The highest BCUT2D eigenvalue weighted by atomic mass is 79.9. The van der Waals surface area contributed by atoms with Crippen molar-refractivity contribution in [1.82, 2.24) is 0 Å². The fourth-order valence-corrected chi connectivity index (χ4v) is 1.25. The van der Waals surface area contributed by atoms with Crippen LogP contribution in [0.5, 0.6) is 0 Å². The standard InChI is InChI=1S/C10H9BrN2O2/c11-8-3-1-7(2-4-8)9(13-12)5-6-10(14)15/h1-6H,12H2,(H,14,15). The zero-order valence-electron chi connectivity index (χ0n) is 7.72. The first-order valence-corrected chi connectivity index (χ1v) is 4.87. The maximum absolute atomic E-state index is 10.3. The van der Waals surface area contributed by atoms with Gasteiger partial charge in [-0.2, -0.15) is 5.10 Å². The van der Waals surface area contributed by atoms with Crippen molar-refractivity contribution in [3.8, 4) is 0 Å². The SMILES string of the molecule is NN=C(C=CC(=O)O)c1ccc(Br)cc1. The van der Waals surface area contributed by atoms with Gasteiger partial charge in [0, 0.05) is 16.1 Å². The van der Waals surface area contributed by atoms with E-state index in [0.29, 0.717) is 5.71 Å². The smallest absolute Gasteiger partial charge is 0.328 e. The van der Waals surface area contributed by atoms with Crippen LogP contribution >= 0.6 is 15.9 Å². The lowest BCUT2D eigenvalue weighted by molar-refractivity contribution is -0.131. The summed E-state index contributed by atoms with van der Waals surface area (Å²) in [5.74, 6) is 4.13. The number of rotatable bonds is 3. The number of hydrogen-bond acceptors (Lipinski definition) is 3. The van der Waals surface area contributed by atoms with Gasteiger partial charge in [0.2, 0.25) is 0 Å². The molecule has 0 amide bonds. The van der Waals surface area contributed by atoms with Gasteiger partial charge in [-0.3, -0.25) is 0 Å². The number of carboxylic acids is 1. The summed E-state index contributed by atoms with van der Waals surface area (Å²) in [4.78, 5) is 10.3.